The summed E-state index contributed by atoms with van der Waals surface area (Å²) in [6.07, 6.45) is 11.5. The molecule has 32 heavy (non-hydrogen) atoms. The topological polar surface area (TPSA) is 21.6 Å². The molecule has 0 spiro atoms. The Bertz CT molecular complexity index is 940. The molecule has 0 radical (unpaired) electrons. The van der Waals surface area contributed by atoms with Crippen molar-refractivity contribution in [2.24, 2.45) is 22.7 Å². The van der Waals surface area contributed by atoms with Crippen molar-refractivity contribution in [3.8, 4) is 11.1 Å². The van der Waals surface area contributed by atoms with Gasteiger partial charge in [0, 0.05) is 5.56 Å². The molecule has 170 valence electrons. The van der Waals surface area contributed by atoms with E-state index >= 15 is 0 Å². The SMILES string of the molecule is CCCC1CCC2CC(c3ccc(-c4ccc(C5=NC(C)(C)CO5)cc4)cc3)CCC2C1. The largest absolute Gasteiger partial charge is 0.475 e. The average molecular weight is 430 g/mol. The first kappa shape index (κ1) is 21.7. The number of benzene rings is 2. The second-order valence-corrected chi connectivity index (χ2v) is 11.2. The summed E-state index contributed by atoms with van der Waals surface area (Å²) >= 11 is 0. The normalized spacial score (nSPS) is 29.2. The lowest BCUT2D eigenvalue weighted by Crippen LogP contribution is -2.30. The molecule has 1 aliphatic heterocycles. The summed E-state index contributed by atoms with van der Waals surface area (Å²) < 4.78 is 5.79. The maximum atomic E-state index is 5.79. The number of nitrogens with zero attached hydrogens (tertiary/aromatic N) is 1. The molecule has 0 bridgehead atoms. The van der Waals surface area contributed by atoms with Gasteiger partial charge in [-0.3, -0.25) is 0 Å². The quantitative estimate of drug-likeness (QED) is 0.471. The Labute approximate surface area is 194 Å². The maximum absolute atomic E-state index is 5.79. The molecule has 0 N–H and O–H groups in total. The van der Waals surface area contributed by atoms with E-state index in [1.807, 2.05) is 0 Å². The lowest BCUT2D eigenvalue weighted by molar-refractivity contribution is 0.114. The Hall–Kier alpha value is -2.09. The molecule has 1 heterocycles. The van der Waals surface area contributed by atoms with E-state index in [1.165, 1.54) is 62.5 Å². The molecule has 2 fully saturated rings. The van der Waals surface area contributed by atoms with Crippen LogP contribution in [0.2, 0.25) is 0 Å². The molecule has 0 amide bonds. The van der Waals surface area contributed by atoms with Crippen LogP contribution < -0.4 is 0 Å². The van der Waals surface area contributed by atoms with Crippen molar-refractivity contribution in [1.29, 1.82) is 0 Å². The van der Waals surface area contributed by atoms with Gasteiger partial charge in [-0.25, -0.2) is 4.99 Å². The van der Waals surface area contributed by atoms with Crippen molar-refractivity contribution >= 4 is 5.90 Å². The second-order valence-electron chi connectivity index (χ2n) is 11.2. The lowest BCUT2D eigenvalue weighted by atomic mass is 9.63. The molecule has 2 heteroatoms. The molecule has 5 rings (SSSR count). The minimum absolute atomic E-state index is 0.113. The Balaban J connectivity index is 1.22. The summed E-state index contributed by atoms with van der Waals surface area (Å²) in [6, 6.07) is 18.1. The third-order valence-electron chi connectivity index (χ3n) is 8.23. The Morgan fingerprint density at radius 1 is 0.812 bits per heavy atom. The lowest BCUT2D eigenvalue weighted by Gasteiger charge is -2.42. The van der Waals surface area contributed by atoms with Crippen molar-refractivity contribution in [1.82, 2.24) is 0 Å². The molecule has 2 nitrogen and oxygen atoms in total. The number of aliphatic imine (C=N–C) groups is 1. The molecule has 0 aromatic heterocycles. The van der Waals surface area contributed by atoms with Gasteiger partial charge in [-0.05, 0) is 98.4 Å². The fourth-order valence-electron chi connectivity index (χ4n) is 6.44. The predicted octanol–water partition coefficient (Wildman–Crippen LogP) is 8.01. The van der Waals surface area contributed by atoms with E-state index in [4.69, 9.17) is 9.73 Å². The van der Waals surface area contributed by atoms with Gasteiger partial charge in [0.1, 0.15) is 6.61 Å². The van der Waals surface area contributed by atoms with Crippen molar-refractivity contribution in [3.05, 3.63) is 59.7 Å². The Morgan fingerprint density at radius 3 is 2.09 bits per heavy atom. The zero-order valence-corrected chi connectivity index (χ0v) is 20.1. The number of ether oxygens (including phenoxy) is 1. The highest BCUT2D eigenvalue weighted by molar-refractivity contribution is 5.95. The van der Waals surface area contributed by atoms with Crippen LogP contribution in [-0.4, -0.2) is 18.0 Å². The smallest absolute Gasteiger partial charge is 0.216 e. The summed E-state index contributed by atoms with van der Waals surface area (Å²) in [5.41, 5.74) is 5.06. The van der Waals surface area contributed by atoms with E-state index in [0.29, 0.717) is 6.61 Å². The first-order valence-electron chi connectivity index (χ1n) is 12.9. The monoisotopic (exact) mass is 429 g/mol. The highest BCUT2D eigenvalue weighted by Gasteiger charge is 2.35. The predicted molar refractivity (Wildman–Crippen MR) is 134 cm³/mol. The summed E-state index contributed by atoms with van der Waals surface area (Å²) in [6.45, 7) is 7.23. The van der Waals surface area contributed by atoms with E-state index < -0.39 is 0 Å². The fraction of sp³-hybridized carbons (Fsp3) is 0.567. The summed E-state index contributed by atoms with van der Waals surface area (Å²) in [7, 11) is 0. The molecular formula is C30H39NO. The standard InChI is InChI=1S/C30H39NO/c1-4-5-21-6-7-28-19-27(17-16-26(28)18-21)24-10-8-22(9-11-24)23-12-14-25(15-13-23)29-31-30(2,3)20-32-29/h8-15,21,26-28H,4-7,16-20H2,1-3H3. The molecule has 2 aliphatic carbocycles. The zero-order valence-electron chi connectivity index (χ0n) is 20.1. The van der Waals surface area contributed by atoms with Gasteiger partial charge in [0.05, 0.1) is 5.54 Å². The molecule has 2 aromatic rings. The summed E-state index contributed by atoms with van der Waals surface area (Å²) in [5.74, 6) is 4.53. The molecule has 4 unspecified atom stereocenters. The molecular weight excluding hydrogens is 390 g/mol. The second kappa shape index (κ2) is 9.04. The molecule has 4 atom stereocenters. The van der Waals surface area contributed by atoms with E-state index in [9.17, 15) is 0 Å². The molecule has 0 saturated heterocycles. The van der Waals surface area contributed by atoms with Crippen molar-refractivity contribution in [3.63, 3.8) is 0 Å². The first-order chi connectivity index (χ1) is 15.5. The van der Waals surface area contributed by atoms with E-state index in [0.717, 1.165) is 35.1 Å². The van der Waals surface area contributed by atoms with Gasteiger partial charge in [0.2, 0.25) is 5.90 Å². The van der Waals surface area contributed by atoms with Gasteiger partial charge >= 0.3 is 0 Å². The number of rotatable bonds is 5. The minimum Gasteiger partial charge on any atom is -0.475 e. The van der Waals surface area contributed by atoms with Crippen LogP contribution in [0, 0.1) is 17.8 Å². The molecule has 3 aliphatic rings. The minimum atomic E-state index is -0.113. The summed E-state index contributed by atoms with van der Waals surface area (Å²) in [4.78, 5) is 4.69. The highest BCUT2D eigenvalue weighted by atomic mass is 16.5. The van der Waals surface area contributed by atoms with Crippen LogP contribution in [0.15, 0.2) is 53.5 Å². The molecule has 2 saturated carbocycles. The van der Waals surface area contributed by atoms with Crippen LogP contribution >= 0.6 is 0 Å². The van der Waals surface area contributed by atoms with Gasteiger partial charge < -0.3 is 4.74 Å². The van der Waals surface area contributed by atoms with Crippen LogP contribution in [-0.2, 0) is 4.74 Å². The fourth-order valence-corrected chi connectivity index (χ4v) is 6.44. The third-order valence-corrected chi connectivity index (χ3v) is 8.23. The van der Waals surface area contributed by atoms with Crippen molar-refractivity contribution in [2.75, 3.05) is 6.61 Å². The average Bonchev–Trinajstić information content (AvgIpc) is 3.19. The summed E-state index contributed by atoms with van der Waals surface area (Å²) in [5, 5.41) is 0. The van der Waals surface area contributed by atoms with Gasteiger partial charge in [0.25, 0.3) is 0 Å². The zero-order chi connectivity index (χ0) is 22.1. The van der Waals surface area contributed by atoms with Crippen LogP contribution in [0.4, 0.5) is 0 Å². The van der Waals surface area contributed by atoms with Crippen LogP contribution in [0.3, 0.4) is 0 Å². The number of hydrogen-bond donors (Lipinski definition) is 0. The Morgan fingerprint density at radius 2 is 1.44 bits per heavy atom. The van der Waals surface area contributed by atoms with E-state index in [2.05, 4.69) is 69.3 Å². The first-order valence-corrected chi connectivity index (χ1v) is 12.9. The Kier molecular flexibility index (Phi) is 6.14. The van der Waals surface area contributed by atoms with Crippen LogP contribution in [0.1, 0.15) is 89.2 Å². The van der Waals surface area contributed by atoms with Crippen LogP contribution in [0.5, 0.6) is 0 Å². The maximum Gasteiger partial charge on any atom is 0.216 e. The van der Waals surface area contributed by atoms with E-state index in [-0.39, 0.29) is 5.54 Å². The number of fused-ring (bicyclic) bond motifs is 1. The van der Waals surface area contributed by atoms with Crippen molar-refractivity contribution in [2.45, 2.75) is 83.6 Å². The number of hydrogen-bond acceptors (Lipinski definition) is 2. The van der Waals surface area contributed by atoms with Crippen LogP contribution in [0.25, 0.3) is 11.1 Å². The van der Waals surface area contributed by atoms with Gasteiger partial charge in [-0.1, -0.05) is 62.6 Å². The van der Waals surface area contributed by atoms with Gasteiger partial charge in [0.15, 0.2) is 0 Å². The van der Waals surface area contributed by atoms with Gasteiger partial charge in [-0.2, -0.15) is 0 Å². The third kappa shape index (κ3) is 4.65. The van der Waals surface area contributed by atoms with E-state index in [1.54, 1.807) is 5.56 Å². The van der Waals surface area contributed by atoms with Gasteiger partial charge in [-0.15, -0.1) is 0 Å². The highest BCUT2D eigenvalue weighted by Crippen LogP contribution is 2.48. The molecule has 2 aromatic carbocycles. The van der Waals surface area contributed by atoms with Crippen molar-refractivity contribution < 1.29 is 4.74 Å².